The fraction of sp³-hybridized carbons (Fsp3) is 0.566. The van der Waals surface area contributed by atoms with Gasteiger partial charge in [-0.3, -0.25) is 9.59 Å². The van der Waals surface area contributed by atoms with Crippen molar-refractivity contribution >= 4 is 23.1 Å². The third-order valence-electron chi connectivity index (χ3n) is 24.5. The van der Waals surface area contributed by atoms with Gasteiger partial charge in [0.1, 0.15) is 5.78 Å². The molecule has 6 saturated carbocycles. The van der Waals surface area contributed by atoms with Crippen molar-refractivity contribution in [3.05, 3.63) is 147 Å². The van der Waals surface area contributed by atoms with Crippen LogP contribution in [0.1, 0.15) is 137 Å². The number of ketones is 2. The first kappa shape index (κ1) is 61.2. The second kappa shape index (κ2) is 26.0. The summed E-state index contributed by atoms with van der Waals surface area (Å²) >= 11 is 0. The second-order valence-electron chi connectivity index (χ2n) is 29.4. The van der Waals surface area contributed by atoms with E-state index in [0.29, 0.717) is 95.8 Å². The predicted molar refractivity (Wildman–Crippen MR) is 353 cm³/mol. The lowest BCUT2D eigenvalue weighted by Gasteiger charge is -2.56. The van der Waals surface area contributed by atoms with Gasteiger partial charge in [0.05, 0.1) is 38.4 Å². The number of carbonyl (C=O) groups is 2. The molecule has 7 fully saturated rings. The lowest BCUT2D eigenvalue weighted by molar-refractivity contribution is -0.126. The van der Waals surface area contributed by atoms with Crippen molar-refractivity contribution in [1.82, 2.24) is 26.6 Å². The van der Waals surface area contributed by atoms with E-state index in [0.717, 1.165) is 126 Å². The lowest BCUT2D eigenvalue weighted by atomic mass is 9.50. The number of benzene rings is 3. The van der Waals surface area contributed by atoms with Crippen molar-refractivity contribution in [3.8, 4) is 23.5 Å². The van der Waals surface area contributed by atoms with Crippen molar-refractivity contribution in [3.63, 3.8) is 0 Å². The van der Waals surface area contributed by atoms with Gasteiger partial charge in [-0.2, -0.15) is 4.99 Å². The summed E-state index contributed by atoms with van der Waals surface area (Å²) in [5.41, 5.74) is 23.9. The maximum absolute atomic E-state index is 14.8. The van der Waals surface area contributed by atoms with E-state index in [9.17, 15) is 24.9 Å². The number of nitrogens with two attached hydrogens (primary N) is 2. The van der Waals surface area contributed by atoms with E-state index in [2.05, 4.69) is 105 Å². The van der Waals surface area contributed by atoms with Gasteiger partial charge in [-0.1, -0.05) is 83.8 Å². The van der Waals surface area contributed by atoms with E-state index in [1.807, 2.05) is 12.3 Å². The van der Waals surface area contributed by atoms with E-state index in [1.165, 1.54) is 42.7 Å². The number of aromatic hydroxyl groups is 1. The van der Waals surface area contributed by atoms with Crippen LogP contribution < -0.4 is 42.8 Å². The number of nitrogens with zero attached hydrogens (tertiary/aromatic N) is 1. The smallest absolute Gasteiger partial charge is 0.202 e. The molecular weight excluding hydrogens is 1120 g/mol. The van der Waals surface area contributed by atoms with E-state index >= 15 is 0 Å². The molecule has 14 heteroatoms. The number of fused-ring (bicyclic) bond motifs is 3. The fourth-order valence-electron chi connectivity index (χ4n) is 21.2. The van der Waals surface area contributed by atoms with Crippen LogP contribution in [0.3, 0.4) is 0 Å². The number of aliphatic imine (C=N–C) groups is 1. The molecule has 8 heterocycles. The number of aliphatic hydroxyl groups is 2. The molecule has 1 saturated heterocycles. The molecule has 3 aromatic carbocycles. The van der Waals surface area contributed by atoms with Crippen LogP contribution in [0.2, 0.25) is 0 Å². The highest BCUT2D eigenvalue weighted by Crippen LogP contribution is 2.75. The minimum absolute atomic E-state index is 0.0142. The number of rotatable bonds is 9. The van der Waals surface area contributed by atoms with Crippen molar-refractivity contribution in [2.24, 2.45) is 80.6 Å². The van der Waals surface area contributed by atoms with Gasteiger partial charge in [0, 0.05) is 49.8 Å². The van der Waals surface area contributed by atoms with Crippen LogP contribution >= 0.6 is 0 Å². The predicted octanol–water partition coefficient (Wildman–Crippen LogP) is 8.79. The first-order chi connectivity index (χ1) is 43.8. The summed E-state index contributed by atoms with van der Waals surface area (Å²) in [6, 6.07) is 26.5. The quantitative estimate of drug-likeness (QED) is 0.0550. The first-order valence-electron chi connectivity index (χ1n) is 34.5. The Kier molecular flexibility index (Phi) is 17.7. The van der Waals surface area contributed by atoms with Gasteiger partial charge in [-0.15, -0.1) is 0 Å². The highest BCUT2D eigenvalue weighted by molar-refractivity contribution is 6.08. The number of Topliss-reactive ketones (excluding diaryl/α,β-unsaturated/α-hetero) is 1. The molecule has 90 heavy (non-hydrogen) atoms. The summed E-state index contributed by atoms with van der Waals surface area (Å²) in [5, 5.41) is 54.4. The van der Waals surface area contributed by atoms with Crippen LogP contribution in [0.25, 0.3) is 5.57 Å². The topological polar surface area (TPSA) is 229 Å². The summed E-state index contributed by atoms with van der Waals surface area (Å²) in [6.45, 7) is 2.57. The Morgan fingerprint density at radius 2 is 1.77 bits per heavy atom. The molecule has 8 bridgehead atoms. The number of nitrogens with one attached hydrogen (secondary N) is 5. The molecule has 1 spiro atoms. The van der Waals surface area contributed by atoms with Gasteiger partial charge < -0.3 is 58.1 Å². The van der Waals surface area contributed by atoms with Gasteiger partial charge in [0.15, 0.2) is 17.3 Å². The number of guanidine groups is 1. The van der Waals surface area contributed by atoms with Crippen molar-refractivity contribution in [2.75, 3.05) is 33.4 Å². The zero-order valence-corrected chi connectivity index (χ0v) is 52.7. The minimum Gasteiger partial charge on any atom is -0.504 e. The van der Waals surface area contributed by atoms with Crippen LogP contribution in [0.4, 0.5) is 0 Å². The number of hydrogen-bond donors (Lipinski definition) is 10. The Morgan fingerprint density at radius 3 is 2.63 bits per heavy atom. The van der Waals surface area contributed by atoms with Gasteiger partial charge in [0.25, 0.3) is 0 Å². The number of phenols is 1. The normalized spacial score (nSPS) is 36.6. The highest BCUT2D eigenvalue weighted by atomic mass is 16.5. The zero-order chi connectivity index (χ0) is 61.7. The SMILES string of the molecule is COc1cc2c(cc1O)CC1=CNC(N)C=C1C(Cc1cccc(CCc3ccccc3)c1)CC#CN=C(N)NC1CC3=C4CCCC(O)C4NC4CC5(CC6C7CCNCC7CC7C=CCNC76)CC(CCC5C45CCC(C1)C35)CC(=O)CC(=O)C=C2CO. The third-order valence-corrected chi connectivity index (χ3v) is 24.5. The Bertz CT molecular complexity index is 3470. The molecule has 12 N–H and O–H groups in total. The number of ether oxygens (including phenoxy) is 1. The molecule has 3 aromatic rings. The molecule has 0 radical (unpaired) electrons. The Labute approximate surface area is 532 Å². The molecule has 17 unspecified atom stereocenters. The molecule has 8 aliphatic heterocycles. The van der Waals surface area contributed by atoms with Crippen LogP contribution in [0, 0.1) is 76.1 Å². The van der Waals surface area contributed by atoms with Crippen LogP contribution in [-0.4, -0.2) is 103 Å². The van der Waals surface area contributed by atoms with Crippen LogP contribution in [-0.2, 0) is 35.3 Å². The summed E-state index contributed by atoms with van der Waals surface area (Å²) in [5.74, 6) is 7.08. The average Bonchev–Trinajstić information content (AvgIpc) is 1.51. The number of phenolic OH excluding ortho intramolecular Hbond substituents is 1. The van der Waals surface area contributed by atoms with Crippen molar-refractivity contribution in [2.45, 2.75) is 171 Å². The molecule has 17 atom stereocenters. The Hall–Kier alpha value is -6.31. The van der Waals surface area contributed by atoms with Crippen molar-refractivity contribution in [1.29, 1.82) is 0 Å². The molecular formula is C76H96N8O6. The van der Waals surface area contributed by atoms with Gasteiger partial charge >= 0.3 is 0 Å². The Balaban J connectivity index is 0.842. The maximum Gasteiger partial charge on any atom is 0.202 e. The number of piperidine rings is 1. The number of dihydropyridines is 1. The van der Waals surface area contributed by atoms with Crippen LogP contribution in [0.15, 0.2) is 125 Å². The van der Waals surface area contributed by atoms with Gasteiger partial charge in [0.2, 0.25) is 5.96 Å². The second-order valence-corrected chi connectivity index (χ2v) is 29.4. The number of aliphatic hydroxyl groups excluding tert-OH is 2. The first-order valence-corrected chi connectivity index (χ1v) is 34.5. The van der Waals surface area contributed by atoms with Crippen LogP contribution in [0.5, 0.6) is 11.5 Å². The summed E-state index contributed by atoms with van der Waals surface area (Å²) in [7, 11) is 1.49. The molecule has 0 aromatic heterocycles. The zero-order valence-electron chi connectivity index (χ0n) is 52.7. The van der Waals surface area contributed by atoms with E-state index < -0.39 is 18.9 Å². The molecule has 0 amide bonds. The van der Waals surface area contributed by atoms with Gasteiger partial charge in [-0.25, -0.2) is 0 Å². The van der Waals surface area contributed by atoms with Gasteiger partial charge in [-0.05, 0) is 262 Å². The van der Waals surface area contributed by atoms with E-state index in [4.69, 9.17) is 21.2 Å². The van der Waals surface area contributed by atoms with Crippen molar-refractivity contribution < 1.29 is 29.6 Å². The summed E-state index contributed by atoms with van der Waals surface area (Å²) < 4.78 is 5.68. The number of allylic oxidation sites excluding steroid dienone is 3. The number of hydrogen-bond acceptors (Lipinski definition) is 14. The number of methoxy groups -OCH3 is 1. The molecule has 14 aliphatic rings. The fourth-order valence-corrected chi connectivity index (χ4v) is 21.2. The molecule has 476 valence electrons. The monoisotopic (exact) mass is 1220 g/mol. The summed E-state index contributed by atoms with van der Waals surface area (Å²) in [4.78, 5) is 34.1. The lowest BCUT2D eigenvalue weighted by Crippen LogP contribution is -2.57. The highest BCUT2D eigenvalue weighted by Gasteiger charge is 2.71. The number of carbonyl (C=O) groups excluding carboxylic acids is 2. The standard InChI is InChI=1S/C76H96N8O6/c1-90-67-37-61-52(34-66(67)89)31-54-43-82-70(77)38-62(54)49(28-47-12-5-11-46(27-47)18-17-45-9-3-2-4-10-45)13-7-25-81-74(78)83-56-32-50-21-23-76-68-20-19-48(29-57(86)36-58(87)33-55(61)44-85)39-75(68,40-64-59-22-26-79-42-53(59)30-51-14-8-24-80-72(51)64)41-69(76)84-73-60(15-6-16-65(73)88)63(35-56)71(50)76/h2-5,8-12,14,27,33-34,37-38,43,48-51,53,56,59,64-65,68-73,79-80,82,84-85,88-89H,6,13,15-24,26,28-32,35-36,39-42,44,77H2,1H3,(H3,78,81,83). The largest absolute Gasteiger partial charge is 0.504 e. The third kappa shape index (κ3) is 12.0. The molecule has 17 rings (SSSR count). The molecule has 14 nitrogen and oxygen atoms in total. The summed E-state index contributed by atoms with van der Waals surface area (Å²) in [6.07, 6.45) is 27.2. The molecule has 6 aliphatic carbocycles. The minimum atomic E-state index is -0.483. The van der Waals surface area contributed by atoms with E-state index in [-0.39, 0.29) is 70.3 Å². The maximum atomic E-state index is 14.8. The average molecular weight is 1220 g/mol. The Morgan fingerprint density at radius 1 is 0.911 bits per heavy atom. The van der Waals surface area contributed by atoms with E-state index in [1.54, 1.807) is 17.7 Å². The number of aryl methyl sites for hydroxylation is 2.